The van der Waals surface area contributed by atoms with Crippen LogP contribution in [0.1, 0.15) is 149 Å². The fourth-order valence-corrected chi connectivity index (χ4v) is 17.8. The van der Waals surface area contributed by atoms with E-state index in [4.69, 9.17) is 72.2 Å². The first kappa shape index (κ1) is 82.6. The van der Waals surface area contributed by atoms with Crippen molar-refractivity contribution in [2.24, 2.45) is 0 Å². The van der Waals surface area contributed by atoms with Crippen molar-refractivity contribution in [2.45, 2.75) is 175 Å². The zero-order chi connectivity index (χ0) is 83.3. The summed E-state index contributed by atoms with van der Waals surface area (Å²) in [6, 6.07) is 15.8. The number of hydrogen-bond acceptors (Lipinski definition) is 23. The summed E-state index contributed by atoms with van der Waals surface area (Å²) in [6.07, 6.45) is 9.59. The Balaban J connectivity index is 0.000000127. The topological polar surface area (TPSA) is 369 Å². The summed E-state index contributed by atoms with van der Waals surface area (Å²) in [6.45, 7) is 14.9. The Kier molecular flexibility index (Phi) is 23.9. The van der Waals surface area contributed by atoms with Crippen molar-refractivity contribution in [3.8, 4) is 22.8 Å². The van der Waals surface area contributed by atoms with E-state index in [1.54, 1.807) is 78.6 Å². The number of amides is 5. The van der Waals surface area contributed by atoms with Crippen LogP contribution in [0, 0.1) is 0 Å². The van der Waals surface area contributed by atoms with E-state index in [9.17, 15) is 37.1 Å². The maximum atomic E-state index is 13.5. The first-order chi connectivity index (χ1) is 56.5. The third-order valence-electron chi connectivity index (χ3n) is 20.6. The van der Waals surface area contributed by atoms with Crippen molar-refractivity contribution < 1.29 is 60.8 Å². The Morgan fingerprint density at radius 2 is 0.881 bits per heavy atom. The zero-order valence-electron chi connectivity index (χ0n) is 66.9. The molecule has 5 amide bonds. The summed E-state index contributed by atoms with van der Waals surface area (Å²) in [7, 11) is 4.84. The fraction of sp³-hybridized carbons (Fsp3) is 0.474. The molecule has 40 heteroatoms. The molecule has 34 nitrogen and oxygen atoms in total. The summed E-state index contributed by atoms with van der Waals surface area (Å²) in [4.78, 5) is 98.2. The second-order valence-corrected chi connectivity index (χ2v) is 41.0. The van der Waals surface area contributed by atoms with Gasteiger partial charge in [-0.1, -0.05) is 11.6 Å². The summed E-state index contributed by atoms with van der Waals surface area (Å²) < 4.78 is 78.9. The van der Waals surface area contributed by atoms with Gasteiger partial charge < -0.3 is 40.2 Å². The molecule has 12 aromatic rings. The number of nitrogens with zero attached hydrogens (tertiary/aromatic N) is 20. The summed E-state index contributed by atoms with van der Waals surface area (Å²) >= 11 is 10.4. The minimum atomic E-state index is -1.67. The predicted molar refractivity (Wildman–Crippen MR) is 436 cm³/mol. The van der Waals surface area contributed by atoms with E-state index < -0.39 is 91.6 Å². The number of ether oxygens (including phenoxy) is 5. The van der Waals surface area contributed by atoms with Crippen LogP contribution in [0.15, 0.2) is 85.6 Å². The van der Waals surface area contributed by atoms with Crippen molar-refractivity contribution >= 4 is 144 Å². The molecule has 15 heterocycles. The molecule has 18 rings (SSSR count). The van der Waals surface area contributed by atoms with Crippen molar-refractivity contribution in [3.05, 3.63) is 113 Å². The number of fused-ring (bicyclic) bond motifs is 6. The number of carbonyl (C=O) groups is 5. The van der Waals surface area contributed by atoms with E-state index >= 15 is 0 Å². The zero-order valence-corrected chi connectivity index (χ0v) is 71.7. The molecule has 0 bridgehead atoms. The maximum absolute atomic E-state index is 13.5. The SMILES string of the molecule is CN(C(=O)OC(C)(C)C)c1cc(-c2nn(C3CCOCC3)c3ncccc23)nc2c(C(=O)N[C@@H]3C[C@@H]3F)cnn12.CN(C(=O)OC(C)(C)C)c1cc(Cl)nc2c(C(=O)N[C@@H]3C[C@@H]3F)cnn12.CNc1cc(-c2nn(C3CCOCC3)c3ncccc23)nc2c(C(=O)N[C@@H]3C[C@@H]3F)cnn12.[CH3][SnH]([CH3])[c]1nn(C2CCOCC2)c2nc(Cl)ccc12. The Morgan fingerprint density at radius 1 is 0.500 bits per heavy atom. The average molecular weight is 1770 g/mol. The number of carbonyl (C=O) groups excluding carboxylic acids is 5. The van der Waals surface area contributed by atoms with Gasteiger partial charge >= 0.3 is 137 Å². The second kappa shape index (κ2) is 34.1. The molecule has 0 spiro atoms. The molecule has 622 valence electrons. The second-order valence-electron chi connectivity index (χ2n) is 32.0. The third kappa shape index (κ3) is 17.9. The van der Waals surface area contributed by atoms with Gasteiger partial charge in [0.05, 0.1) is 60.2 Å². The van der Waals surface area contributed by atoms with Gasteiger partial charge in [0.2, 0.25) is 0 Å². The molecule has 3 saturated carbocycles. The fourth-order valence-electron chi connectivity index (χ4n) is 14.1. The molecule has 3 saturated heterocycles. The van der Waals surface area contributed by atoms with Crippen molar-refractivity contribution in [2.75, 3.05) is 75.9 Å². The first-order valence-corrected chi connectivity index (χ1v) is 48.2. The number of rotatable bonds is 15. The van der Waals surface area contributed by atoms with E-state index in [-0.39, 0.29) is 57.8 Å². The summed E-state index contributed by atoms with van der Waals surface area (Å²) in [5.41, 5.74) is 4.64. The molecule has 6 aliphatic rings. The number of halogens is 5. The standard InChI is InChI=1S/C27H31FN8O4.C22H23FN8O2.C16H19ClFN5O3.C11H11ClN3O.2CH3.Sn.H/c1-27(2,3)40-26(38)34(4)21-13-20(31-24-17(14-30-36(21)24)25(37)32-19-12-18(19)28)22-16-6-5-9-29-23(16)35(33-22)15-7-10-39-11-8-15;1-24-18-10-17(27-21-14(11-26-31(18)21)22(32)28-16-9-15(16)23)19-13-3-2-6-25-20(13)30(29-19)12-4-7-33-8-5-12;1-16(2,3)26-15(25)22(4)12-6-11(17)21-13-8(7-19-23(12)13)14(24)20-10-5-9(10)18;12-10-2-1-8-7-13-15(11(8)14-10)9-3-5-16-6-4-9;;;;/h5-6,9,13-15,18-19H,7-8,10-12H2,1-4H3,(H,32,37);2-3,6,10-12,15-16,24H,4-5,7-9H2,1H3,(H,28,32);6-7,9-10H,5H2,1-4H3,(H,20,24);1-2,9H,3-6H2;2*1H3;;/t18-,19+;15-,16+;9-,10+;;;;;/m000...../s1. The quantitative estimate of drug-likeness (QED) is 0.0421. The molecule has 3 aliphatic heterocycles. The van der Waals surface area contributed by atoms with Gasteiger partial charge in [-0.25, -0.2) is 57.0 Å². The van der Waals surface area contributed by atoms with E-state index in [0.717, 1.165) is 73.8 Å². The number of hydrogen-bond donors (Lipinski definition) is 4. The van der Waals surface area contributed by atoms with Crippen LogP contribution < -0.4 is 34.8 Å². The normalized spacial score (nSPS) is 19.6. The molecule has 12 aromatic heterocycles. The van der Waals surface area contributed by atoms with E-state index in [0.29, 0.717) is 102 Å². The number of aromatic nitrogens is 18. The van der Waals surface area contributed by atoms with Crippen LogP contribution in [-0.2, 0) is 23.7 Å². The van der Waals surface area contributed by atoms with E-state index in [2.05, 4.69) is 77.1 Å². The molecular weight excluding hydrogens is 1680 g/mol. The predicted octanol–water partition coefficient (Wildman–Crippen LogP) is 10.8. The van der Waals surface area contributed by atoms with Crippen molar-refractivity contribution in [1.29, 1.82) is 0 Å². The van der Waals surface area contributed by atoms with Gasteiger partial charge in [-0.2, -0.15) is 39.0 Å². The van der Waals surface area contributed by atoms with Crippen molar-refractivity contribution in [1.82, 2.24) is 104 Å². The van der Waals surface area contributed by atoms with Crippen LogP contribution in [-0.4, -0.2) is 246 Å². The average Bonchev–Trinajstić information content (AvgIpc) is 1.60. The van der Waals surface area contributed by atoms with Gasteiger partial charge in [-0.3, -0.25) is 24.2 Å². The minimum absolute atomic E-state index is 0.0762. The van der Waals surface area contributed by atoms with Crippen LogP contribution >= 0.6 is 23.2 Å². The Morgan fingerprint density at radius 3 is 1.29 bits per heavy atom. The van der Waals surface area contributed by atoms with Crippen LogP contribution in [0.25, 0.3) is 72.8 Å². The van der Waals surface area contributed by atoms with Crippen LogP contribution in [0.5, 0.6) is 0 Å². The Hall–Kier alpha value is -10.5. The molecule has 3 aliphatic carbocycles. The van der Waals surface area contributed by atoms with Crippen LogP contribution in [0.3, 0.4) is 0 Å². The molecule has 0 radical (unpaired) electrons. The van der Waals surface area contributed by atoms with Gasteiger partial charge in [0.1, 0.15) is 80.4 Å². The van der Waals surface area contributed by atoms with Crippen LogP contribution in [0.4, 0.5) is 40.2 Å². The van der Waals surface area contributed by atoms with Gasteiger partial charge in [-0.05, 0) is 91.5 Å². The van der Waals surface area contributed by atoms with Gasteiger partial charge in [0.15, 0.2) is 28.2 Å². The van der Waals surface area contributed by atoms with Crippen molar-refractivity contribution in [3.63, 3.8) is 0 Å². The van der Waals surface area contributed by atoms with Gasteiger partial charge in [0.25, 0.3) is 17.7 Å². The van der Waals surface area contributed by atoms with Gasteiger partial charge in [0, 0.05) is 108 Å². The molecule has 6 atom stereocenters. The van der Waals surface area contributed by atoms with Crippen LogP contribution in [0.2, 0.25) is 20.2 Å². The molecule has 0 unspecified atom stereocenters. The monoisotopic (exact) mass is 1770 g/mol. The van der Waals surface area contributed by atoms with E-state index in [1.165, 1.54) is 59.6 Å². The molecular formula is C78H91Cl2F3N24O10Sn. The first-order valence-electron chi connectivity index (χ1n) is 39.2. The third-order valence-corrected chi connectivity index (χ3v) is 25.3. The van der Waals surface area contributed by atoms with E-state index in [1.807, 2.05) is 45.8 Å². The summed E-state index contributed by atoms with van der Waals surface area (Å²) in [5.74, 6) is -0.118. The van der Waals surface area contributed by atoms with Gasteiger partial charge in [-0.15, -0.1) is 0 Å². The Bertz CT molecular complexity index is 5790. The number of nitrogens with one attached hydrogen (secondary N) is 4. The molecule has 4 N–H and O–H groups in total. The number of pyridine rings is 3. The molecule has 6 fully saturated rings. The number of alkyl halides is 3. The molecule has 0 aromatic carbocycles. The number of anilines is 3. The summed E-state index contributed by atoms with van der Waals surface area (Å²) in [5, 5.41) is 42.1. The molecule has 118 heavy (non-hydrogen) atoms. The Labute approximate surface area is 691 Å².